The van der Waals surface area contributed by atoms with Crippen molar-refractivity contribution in [1.29, 1.82) is 0 Å². The topological polar surface area (TPSA) is 63.9 Å². The predicted octanol–water partition coefficient (Wildman–Crippen LogP) is 5.05. The number of aromatic nitrogens is 4. The van der Waals surface area contributed by atoms with Crippen LogP contribution in [0.2, 0.25) is 0 Å². The summed E-state index contributed by atoms with van der Waals surface area (Å²) >= 11 is 0. The second-order valence-corrected chi connectivity index (χ2v) is 9.35. The Bertz CT molecular complexity index is 1490. The van der Waals surface area contributed by atoms with Crippen molar-refractivity contribution >= 4 is 16.8 Å². The Kier molecular flexibility index (Phi) is 4.91. The van der Waals surface area contributed by atoms with Crippen LogP contribution in [-0.4, -0.2) is 36.6 Å². The molecule has 6 nitrogen and oxygen atoms in total. The van der Waals surface area contributed by atoms with Crippen LogP contribution in [0.3, 0.4) is 0 Å². The molecule has 0 radical (unpaired) electrons. The highest BCUT2D eigenvalue weighted by atomic mass is 19.2. The molecule has 0 spiro atoms. The van der Waals surface area contributed by atoms with Gasteiger partial charge in [-0.05, 0) is 56.9 Å². The fraction of sp³-hybridized carbons (Fsp3) is 0.308. The largest absolute Gasteiger partial charge is 0.325 e. The van der Waals surface area contributed by atoms with Gasteiger partial charge in [-0.25, -0.2) is 23.1 Å². The second-order valence-electron chi connectivity index (χ2n) is 9.35. The Morgan fingerprint density at radius 3 is 2.60 bits per heavy atom. The molecule has 2 bridgehead atoms. The number of carbonyl (C=O) groups is 1. The number of carbonyl (C=O) groups excluding carboxylic acids is 1. The van der Waals surface area contributed by atoms with Gasteiger partial charge in [-0.2, -0.15) is 5.10 Å². The van der Waals surface area contributed by atoms with Gasteiger partial charge in [0.05, 0.1) is 22.9 Å². The third kappa shape index (κ3) is 3.32. The first-order chi connectivity index (χ1) is 16.8. The van der Waals surface area contributed by atoms with Crippen molar-refractivity contribution in [1.82, 2.24) is 24.6 Å². The Morgan fingerprint density at radius 1 is 1.06 bits per heavy atom. The summed E-state index contributed by atoms with van der Waals surface area (Å²) in [4.78, 5) is 24.4. The van der Waals surface area contributed by atoms with Gasteiger partial charge >= 0.3 is 0 Å². The number of benzene rings is 2. The third-order valence-corrected chi connectivity index (χ3v) is 7.16. The molecule has 35 heavy (non-hydrogen) atoms. The molecular formula is C26H22F3N5O. The van der Waals surface area contributed by atoms with Gasteiger partial charge in [0.2, 0.25) is 0 Å². The van der Waals surface area contributed by atoms with Gasteiger partial charge in [-0.1, -0.05) is 11.6 Å². The maximum atomic E-state index is 14.0. The molecule has 2 aliphatic heterocycles. The van der Waals surface area contributed by atoms with Crippen LogP contribution >= 0.6 is 0 Å². The molecule has 0 N–H and O–H groups in total. The Balaban J connectivity index is 1.46. The standard InChI is InChI=1S/C26H22F3N5O/c1-13-6-7-20-16(8-13)24(31-12-30-20)26(35)34-15-4-3-5-21(34)23-17(11-15)25(33(2)32-23)14-9-18(27)22(29)19(28)10-14/h6-10,12,15,21H,3-5,11H2,1-2H3/t15-,21+/m1/s1. The van der Waals surface area contributed by atoms with Gasteiger partial charge in [0.1, 0.15) is 12.0 Å². The van der Waals surface area contributed by atoms with E-state index in [9.17, 15) is 18.0 Å². The van der Waals surface area contributed by atoms with Crippen molar-refractivity contribution < 1.29 is 18.0 Å². The van der Waals surface area contributed by atoms with E-state index in [1.807, 2.05) is 30.0 Å². The number of nitrogens with zero attached hydrogens (tertiary/aromatic N) is 5. The zero-order chi connectivity index (χ0) is 24.4. The van der Waals surface area contributed by atoms with E-state index >= 15 is 0 Å². The fourth-order valence-corrected chi connectivity index (χ4v) is 5.67. The molecule has 4 aromatic rings. The summed E-state index contributed by atoms with van der Waals surface area (Å²) < 4.78 is 43.2. The highest BCUT2D eigenvalue weighted by Gasteiger charge is 2.44. The van der Waals surface area contributed by atoms with E-state index in [0.29, 0.717) is 34.4 Å². The lowest BCUT2D eigenvalue weighted by atomic mass is 9.81. The average molecular weight is 477 g/mol. The summed E-state index contributed by atoms with van der Waals surface area (Å²) in [5.41, 5.74) is 4.41. The number of fused-ring (bicyclic) bond motifs is 5. The Hall–Kier alpha value is -3.75. The number of piperidine rings is 1. The lowest BCUT2D eigenvalue weighted by Gasteiger charge is -2.45. The number of aryl methyl sites for hydroxylation is 2. The molecule has 1 saturated heterocycles. The number of rotatable bonds is 2. The van der Waals surface area contributed by atoms with Crippen LogP contribution in [0, 0.1) is 24.4 Å². The first kappa shape index (κ1) is 21.8. The molecule has 6 rings (SSSR count). The van der Waals surface area contributed by atoms with Crippen LogP contribution in [0.1, 0.15) is 52.6 Å². The quantitative estimate of drug-likeness (QED) is 0.379. The van der Waals surface area contributed by atoms with Crippen molar-refractivity contribution in [2.75, 3.05) is 0 Å². The molecule has 0 aliphatic carbocycles. The average Bonchev–Trinajstić information content (AvgIpc) is 3.16. The SMILES string of the molecule is Cc1ccc2ncnc(C(=O)N3[C@@H]4CCC[C@H]3c3nn(C)c(-c5cc(F)c(F)c(F)c5)c3C4)c2c1. The molecular weight excluding hydrogens is 455 g/mol. The fourth-order valence-electron chi connectivity index (χ4n) is 5.67. The van der Waals surface area contributed by atoms with Gasteiger partial charge in [0.15, 0.2) is 17.5 Å². The van der Waals surface area contributed by atoms with Crippen molar-refractivity contribution in [2.24, 2.45) is 7.05 Å². The monoisotopic (exact) mass is 477 g/mol. The van der Waals surface area contributed by atoms with Crippen molar-refractivity contribution in [3.05, 3.63) is 76.6 Å². The minimum absolute atomic E-state index is 0.110. The van der Waals surface area contributed by atoms with E-state index < -0.39 is 17.5 Å². The first-order valence-corrected chi connectivity index (χ1v) is 11.6. The molecule has 178 valence electrons. The molecule has 2 atom stereocenters. The van der Waals surface area contributed by atoms with Crippen molar-refractivity contribution in [2.45, 2.75) is 44.7 Å². The van der Waals surface area contributed by atoms with Gasteiger partial charge in [0, 0.05) is 29.6 Å². The molecule has 1 fully saturated rings. The molecule has 0 saturated carbocycles. The van der Waals surface area contributed by atoms with E-state index in [1.165, 1.54) is 6.33 Å². The summed E-state index contributed by atoms with van der Waals surface area (Å²) in [7, 11) is 1.70. The summed E-state index contributed by atoms with van der Waals surface area (Å²) in [6, 6.07) is 7.35. The van der Waals surface area contributed by atoms with Crippen molar-refractivity contribution in [3.8, 4) is 11.3 Å². The first-order valence-electron chi connectivity index (χ1n) is 11.6. The molecule has 2 aliphatic rings. The molecule has 9 heteroatoms. The lowest BCUT2D eigenvalue weighted by Crippen LogP contribution is -2.50. The number of halogens is 3. The second kappa shape index (κ2) is 7.90. The van der Waals surface area contributed by atoms with Crippen LogP contribution in [0.25, 0.3) is 22.2 Å². The van der Waals surface area contributed by atoms with E-state index in [2.05, 4.69) is 15.1 Å². The summed E-state index contributed by atoms with van der Waals surface area (Å²) in [6.45, 7) is 1.96. The van der Waals surface area contributed by atoms with Crippen molar-refractivity contribution in [3.63, 3.8) is 0 Å². The molecule has 2 aromatic heterocycles. The lowest BCUT2D eigenvalue weighted by molar-refractivity contribution is 0.0388. The van der Waals surface area contributed by atoms with Gasteiger partial charge in [-0.3, -0.25) is 9.48 Å². The Morgan fingerprint density at radius 2 is 1.83 bits per heavy atom. The number of hydrogen-bond donors (Lipinski definition) is 0. The number of hydrogen-bond acceptors (Lipinski definition) is 4. The Labute approximate surface area is 199 Å². The maximum absolute atomic E-state index is 14.0. The molecule has 2 aromatic carbocycles. The van der Waals surface area contributed by atoms with E-state index in [1.54, 1.807) is 11.7 Å². The predicted molar refractivity (Wildman–Crippen MR) is 123 cm³/mol. The van der Waals surface area contributed by atoms with Crippen LogP contribution < -0.4 is 0 Å². The highest BCUT2D eigenvalue weighted by Crippen LogP contribution is 2.45. The normalized spacial score (nSPS) is 19.2. The van der Waals surface area contributed by atoms with Crippen LogP contribution in [0.4, 0.5) is 13.2 Å². The van der Waals surface area contributed by atoms with E-state index in [0.717, 1.165) is 42.5 Å². The van der Waals surface area contributed by atoms with Gasteiger partial charge in [-0.15, -0.1) is 0 Å². The zero-order valence-corrected chi connectivity index (χ0v) is 19.2. The number of amides is 1. The summed E-state index contributed by atoms with van der Waals surface area (Å²) in [5.74, 6) is -4.15. The van der Waals surface area contributed by atoms with Crippen LogP contribution in [-0.2, 0) is 13.5 Å². The van der Waals surface area contributed by atoms with Gasteiger partial charge < -0.3 is 4.90 Å². The molecule has 4 heterocycles. The molecule has 0 unspecified atom stereocenters. The van der Waals surface area contributed by atoms with Crippen LogP contribution in [0.5, 0.6) is 0 Å². The third-order valence-electron chi connectivity index (χ3n) is 7.16. The minimum Gasteiger partial charge on any atom is -0.325 e. The van der Waals surface area contributed by atoms with Gasteiger partial charge in [0.25, 0.3) is 5.91 Å². The zero-order valence-electron chi connectivity index (χ0n) is 19.2. The highest BCUT2D eigenvalue weighted by molar-refractivity contribution is 6.04. The van der Waals surface area contributed by atoms with E-state index in [4.69, 9.17) is 0 Å². The summed E-state index contributed by atoms with van der Waals surface area (Å²) in [6.07, 6.45) is 4.36. The summed E-state index contributed by atoms with van der Waals surface area (Å²) in [5, 5.41) is 5.39. The minimum atomic E-state index is -1.49. The maximum Gasteiger partial charge on any atom is 0.274 e. The van der Waals surface area contributed by atoms with E-state index in [-0.39, 0.29) is 23.6 Å². The van der Waals surface area contributed by atoms with Crippen LogP contribution in [0.15, 0.2) is 36.7 Å². The smallest absolute Gasteiger partial charge is 0.274 e. The molecule has 1 amide bonds.